The summed E-state index contributed by atoms with van der Waals surface area (Å²) in [6.45, 7) is 2.23. The normalized spacial score (nSPS) is 20.9. The van der Waals surface area contributed by atoms with E-state index >= 15 is 0 Å². The first-order chi connectivity index (χ1) is 8.15. The number of ether oxygens (including phenoxy) is 1. The molecule has 0 aliphatic heterocycles. The van der Waals surface area contributed by atoms with Gasteiger partial charge in [0.05, 0.1) is 7.11 Å². The Morgan fingerprint density at radius 3 is 2.59 bits per heavy atom. The average Bonchev–Trinajstić information content (AvgIpc) is 3.07. The molecule has 1 fully saturated rings. The summed E-state index contributed by atoms with van der Waals surface area (Å²) in [7, 11) is 1.76. The summed E-state index contributed by atoms with van der Waals surface area (Å²) >= 11 is 0. The second kappa shape index (κ2) is 3.74. The number of methoxy groups -OCH3 is 1. The molecular weight excluding hydrogens is 210 g/mol. The van der Waals surface area contributed by atoms with Gasteiger partial charge in [0.25, 0.3) is 0 Å². The molecule has 0 heterocycles. The number of nitrogens with two attached hydrogens (primary N) is 1. The van der Waals surface area contributed by atoms with Crippen LogP contribution in [0.3, 0.4) is 0 Å². The van der Waals surface area contributed by atoms with Gasteiger partial charge in [-0.3, -0.25) is 0 Å². The predicted molar refractivity (Wildman–Crippen MR) is 69.5 cm³/mol. The van der Waals surface area contributed by atoms with Gasteiger partial charge in [0.15, 0.2) is 0 Å². The molecule has 2 heteroatoms. The van der Waals surface area contributed by atoms with Crippen molar-refractivity contribution >= 4 is 0 Å². The minimum absolute atomic E-state index is 0.0953. The topological polar surface area (TPSA) is 35.2 Å². The van der Waals surface area contributed by atoms with Gasteiger partial charge in [0.2, 0.25) is 0 Å². The zero-order valence-corrected chi connectivity index (χ0v) is 10.8. The minimum Gasteiger partial charge on any atom is -0.496 e. The van der Waals surface area contributed by atoms with Gasteiger partial charge in [-0.15, -0.1) is 0 Å². The van der Waals surface area contributed by atoms with Crippen molar-refractivity contribution in [3.8, 4) is 5.75 Å². The van der Waals surface area contributed by atoms with Crippen LogP contribution in [-0.2, 0) is 18.4 Å². The average molecular weight is 231 g/mol. The van der Waals surface area contributed by atoms with Gasteiger partial charge < -0.3 is 10.5 Å². The molecule has 3 rings (SSSR count). The summed E-state index contributed by atoms with van der Waals surface area (Å²) in [6.07, 6.45) is 7.24. The van der Waals surface area contributed by atoms with E-state index in [0.29, 0.717) is 0 Å². The van der Waals surface area contributed by atoms with Crippen LogP contribution in [0.5, 0.6) is 5.75 Å². The van der Waals surface area contributed by atoms with Crippen molar-refractivity contribution in [1.29, 1.82) is 0 Å². The highest BCUT2D eigenvalue weighted by Crippen LogP contribution is 2.49. The van der Waals surface area contributed by atoms with Gasteiger partial charge >= 0.3 is 0 Å². The molecule has 0 aromatic heterocycles. The maximum Gasteiger partial charge on any atom is 0.124 e. The lowest BCUT2D eigenvalue weighted by molar-refractivity contribution is 0.402. The van der Waals surface area contributed by atoms with Crippen LogP contribution in [0, 0.1) is 6.92 Å². The Kier molecular flexibility index (Phi) is 2.44. The minimum atomic E-state index is -0.0953. The summed E-state index contributed by atoms with van der Waals surface area (Å²) in [4.78, 5) is 0. The van der Waals surface area contributed by atoms with E-state index in [2.05, 4.69) is 13.0 Å². The van der Waals surface area contributed by atoms with Gasteiger partial charge in [-0.2, -0.15) is 0 Å². The van der Waals surface area contributed by atoms with Crippen molar-refractivity contribution in [2.24, 2.45) is 5.73 Å². The van der Waals surface area contributed by atoms with E-state index < -0.39 is 0 Å². The first-order valence-electron chi connectivity index (χ1n) is 6.64. The Labute approximate surface area is 103 Å². The van der Waals surface area contributed by atoms with Gasteiger partial charge in [-0.05, 0) is 68.2 Å². The molecule has 1 aromatic rings. The first kappa shape index (κ1) is 11.1. The van der Waals surface area contributed by atoms with Crippen LogP contribution in [-0.4, -0.2) is 7.11 Å². The van der Waals surface area contributed by atoms with E-state index in [0.717, 1.165) is 18.6 Å². The number of hydrogen-bond acceptors (Lipinski definition) is 2. The second-order valence-electron chi connectivity index (χ2n) is 5.58. The molecule has 2 N–H and O–H groups in total. The summed E-state index contributed by atoms with van der Waals surface area (Å²) in [5.74, 6) is 1.02. The Morgan fingerprint density at radius 1 is 1.24 bits per heavy atom. The summed E-state index contributed by atoms with van der Waals surface area (Å²) < 4.78 is 5.58. The lowest BCUT2D eigenvalue weighted by Crippen LogP contribution is -2.23. The fourth-order valence-electron chi connectivity index (χ4n) is 3.25. The molecular formula is C15H21NO. The number of rotatable bonds is 2. The number of hydrogen-bond donors (Lipinski definition) is 1. The van der Waals surface area contributed by atoms with Crippen molar-refractivity contribution in [1.82, 2.24) is 0 Å². The zero-order valence-electron chi connectivity index (χ0n) is 10.8. The molecule has 0 amide bonds. The quantitative estimate of drug-likeness (QED) is 0.849. The van der Waals surface area contributed by atoms with Crippen molar-refractivity contribution in [3.63, 3.8) is 0 Å². The lowest BCUT2D eigenvalue weighted by Gasteiger charge is -2.25. The number of benzene rings is 1. The smallest absolute Gasteiger partial charge is 0.124 e. The van der Waals surface area contributed by atoms with Crippen molar-refractivity contribution in [2.45, 2.75) is 51.0 Å². The summed E-state index contributed by atoms with van der Waals surface area (Å²) in [6, 6.07) is 2.24. The molecule has 0 bridgehead atoms. The fourth-order valence-corrected chi connectivity index (χ4v) is 3.25. The van der Waals surface area contributed by atoms with E-state index in [1.807, 2.05) is 0 Å². The molecule has 0 spiro atoms. The Balaban J connectivity index is 2.19. The highest BCUT2D eigenvalue weighted by atomic mass is 16.5. The van der Waals surface area contributed by atoms with Crippen LogP contribution >= 0.6 is 0 Å². The van der Waals surface area contributed by atoms with Crippen LogP contribution < -0.4 is 10.5 Å². The van der Waals surface area contributed by atoms with Crippen LogP contribution in [0.2, 0.25) is 0 Å². The standard InChI is InChI=1S/C15H21NO/c1-10-12-6-4-3-5-11(12)9-13(17-2)14(10)15(16)7-8-15/h9H,3-8,16H2,1-2H3. The summed E-state index contributed by atoms with van der Waals surface area (Å²) in [5.41, 5.74) is 12.0. The highest BCUT2D eigenvalue weighted by Gasteiger charge is 2.44. The second-order valence-corrected chi connectivity index (χ2v) is 5.58. The van der Waals surface area contributed by atoms with Crippen molar-refractivity contribution in [2.75, 3.05) is 7.11 Å². The predicted octanol–water partition coefficient (Wildman–Crippen LogP) is 2.83. The maximum atomic E-state index is 6.40. The SMILES string of the molecule is COc1cc2c(c(C)c1C1(N)CC1)CCCC2. The molecule has 0 radical (unpaired) electrons. The largest absolute Gasteiger partial charge is 0.496 e. The molecule has 0 unspecified atom stereocenters. The van der Waals surface area contributed by atoms with Gasteiger partial charge in [0, 0.05) is 11.1 Å². The number of fused-ring (bicyclic) bond motifs is 1. The van der Waals surface area contributed by atoms with Crippen molar-refractivity contribution < 1.29 is 4.74 Å². The molecule has 1 saturated carbocycles. The fraction of sp³-hybridized carbons (Fsp3) is 0.600. The van der Waals surface area contributed by atoms with Crippen LogP contribution in [0.15, 0.2) is 6.07 Å². The molecule has 2 aliphatic carbocycles. The Bertz CT molecular complexity index is 460. The molecule has 0 saturated heterocycles. The molecule has 0 atom stereocenters. The molecule has 2 aliphatic rings. The Morgan fingerprint density at radius 2 is 1.94 bits per heavy atom. The van der Waals surface area contributed by atoms with E-state index in [1.54, 1.807) is 12.7 Å². The summed E-state index contributed by atoms with van der Waals surface area (Å²) in [5, 5.41) is 0. The zero-order chi connectivity index (χ0) is 12.0. The lowest BCUT2D eigenvalue weighted by atomic mass is 9.83. The third kappa shape index (κ3) is 1.66. The number of aryl methyl sites for hydroxylation is 1. The monoisotopic (exact) mass is 231 g/mol. The van der Waals surface area contributed by atoms with Crippen LogP contribution in [0.1, 0.15) is 47.9 Å². The Hall–Kier alpha value is -1.02. The third-order valence-corrected chi connectivity index (χ3v) is 4.40. The van der Waals surface area contributed by atoms with Crippen LogP contribution in [0.4, 0.5) is 0 Å². The molecule has 92 valence electrons. The molecule has 2 nitrogen and oxygen atoms in total. The van der Waals surface area contributed by atoms with E-state index in [9.17, 15) is 0 Å². The first-order valence-corrected chi connectivity index (χ1v) is 6.64. The van der Waals surface area contributed by atoms with E-state index in [4.69, 9.17) is 10.5 Å². The molecule has 17 heavy (non-hydrogen) atoms. The maximum absolute atomic E-state index is 6.40. The highest BCUT2D eigenvalue weighted by molar-refractivity contribution is 5.54. The van der Waals surface area contributed by atoms with E-state index in [-0.39, 0.29) is 5.54 Å². The van der Waals surface area contributed by atoms with Crippen LogP contribution in [0.25, 0.3) is 0 Å². The van der Waals surface area contributed by atoms with Crippen molar-refractivity contribution in [3.05, 3.63) is 28.3 Å². The van der Waals surface area contributed by atoms with Gasteiger partial charge in [-0.25, -0.2) is 0 Å². The van der Waals surface area contributed by atoms with Gasteiger partial charge in [0.1, 0.15) is 5.75 Å². The molecule has 1 aromatic carbocycles. The van der Waals surface area contributed by atoms with E-state index in [1.165, 1.54) is 42.4 Å². The third-order valence-electron chi connectivity index (χ3n) is 4.40. The van der Waals surface area contributed by atoms with Gasteiger partial charge in [-0.1, -0.05) is 0 Å².